The number of fused-ring (bicyclic) bond motifs is 1. The Kier molecular flexibility index (Phi) is 5.92. The van der Waals surface area contributed by atoms with Crippen LogP contribution in [0.1, 0.15) is 15.9 Å². The van der Waals surface area contributed by atoms with Crippen molar-refractivity contribution in [2.45, 2.75) is 0 Å². The van der Waals surface area contributed by atoms with E-state index in [0.29, 0.717) is 11.3 Å². The zero-order chi connectivity index (χ0) is 20.1. The quantitative estimate of drug-likeness (QED) is 0.655. The second-order valence-electron chi connectivity index (χ2n) is 7.31. The molecule has 0 spiro atoms. The van der Waals surface area contributed by atoms with Crippen molar-refractivity contribution in [1.82, 2.24) is 9.80 Å². The molecule has 0 saturated carbocycles. The van der Waals surface area contributed by atoms with Gasteiger partial charge in [-0.2, -0.15) is 0 Å². The zero-order valence-corrected chi connectivity index (χ0v) is 16.8. The molecular weight excluding hydrogens is 360 g/mol. The first kappa shape index (κ1) is 19.2. The van der Waals surface area contributed by atoms with E-state index in [1.54, 1.807) is 7.11 Å². The lowest BCUT2D eigenvalue weighted by atomic mass is 10.0. The first-order chi connectivity index (χ1) is 14.2. The molecule has 148 valence electrons. The fourth-order valence-electron chi connectivity index (χ4n) is 3.76. The van der Waals surface area contributed by atoms with Crippen LogP contribution in [0.25, 0.3) is 16.8 Å². The van der Waals surface area contributed by atoms with E-state index in [4.69, 9.17) is 4.74 Å². The number of carbonyl (C=O) groups excluding carboxylic acids is 1. The number of amides is 1. The normalized spacial score (nSPS) is 15.1. The highest BCUT2D eigenvalue weighted by Crippen LogP contribution is 2.27. The van der Waals surface area contributed by atoms with Crippen LogP contribution in [0.4, 0.5) is 0 Å². The fourth-order valence-corrected chi connectivity index (χ4v) is 3.76. The molecule has 29 heavy (non-hydrogen) atoms. The maximum atomic E-state index is 13.1. The average Bonchev–Trinajstić information content (AvgIpc) is 2.79. The predicted octanol–water partition coefficient (Wildman–Crippen LogP) is 4.32. The number of rotatable bonds is 5. The number of carbonyl (C=O) groups is 1. The van der Waals surface area contributed by atoms with E-state index in [1.807, 2.05) is 59.5 Å². The van der Waals surface area contributed by atoms with Gasteiger partial charge in [0.2, 0.25) is 0 Å². The molecule has 3 aromatic rings. The minimum atomic E-state index is 0.0482. The molecule has 4 rings (SSSR count). The monoisotopic (exact) mass is 386 g/mol. The lowest BCUT2D eigenvalue weighted by Crippen LogP contribution is -2.48. The van der Waals surface area contributed by atoms with Gasteiger partial charge in [0.1, 0.15) is 5.75 Å². The van der Waals surface area contributed by atoms with Crippen LogP contribution >= 0.6 is 0 Å². The van der Waals surface area contributed by atoms with Crippen molar-refractivity contribution in [2.75, 3.05) is 39.8 Å². The summed E-state index contributed by atoms with van der Waals surface area (Å²) in [4.78, 5) is 17.5. The number of hydrogen-bond donors (Lipinski definition) is 0. The molecule has 1 aliphatic rings. The first-order valence-electron chi connectivity index (χ1n) is 10.0. The molecule has 1 heterocycles. The van der Waals surface area contributed by atoms with Crippen molar-refractivity contribution in [1.29, 1.82) is 0 Å². The Labute approximate surface area is 172 Å². The number of methoxy groups -OCH3 is 1. The van der Waals surface area contributed by atoms with Gasteiger partial charge >= 0.3 is 0 Å². The minimum Gasteiger partial charge on any atom is -0.496 e. The predicted molar refractivity (Wildman–Crippen MR) is 118 cm³/mol. The molecule has 1 fully saturated rings. The van der Waals surface area contributed by atoms with Gasteiger partial charge in [0, 0.05) is 32.7 Å². The third-order valence-corrected chi connectivity index (χ3v) is 5.43. The molecule has 0 radical (unpaired) electrons. The number of benzene rings is 3. The van der Waals surface area contributed by atoms with Crippen LogP contribution in [-0.4, -0.2) is 55.5 Å². The molecule has 4 heteroatoms. The molecule has 0 aliphatic carbocycles. The third-order valence-electron chi connectivity index (χ3n) is 5.43. The molecular formula is C25H26N2O2. The van der Waals surface area contributed by atoms with Crippen molar-refractivity contribution in [3.8, 4) is 5.75 Å². The van der Waals surface area contributed by atoms with Crippen LogP contribution < -0.4 is 4.74 Å². The van der Waals surface area contributed by atoms with Crippen LogP contribution in [0.2, 0.25) is 0 Å². The van der Waals surface area contributed by atoms with Crippen LogP contribution in [0, 0.1) is 0 Å². The number of nitrogens with zero attached hydrogens (tertiary/aromatic N) is 2. The lowest BCUT2D eigenvalue weighted by molar-refractivity contribution is 0.0647. The minimum absolute atomic E-state index is 0.0482. The van der Waals surface area contributed by atoms with Gasteiger partial charge in [0.25, 0.3) is 5.91 Å². The molecule has 0 unspecified atom stereocenters. The van der Waals surface area contributed by atoms with E-state index in [0.717, 1.165) is 43.5 Å². The smallest absolute Gasteiger partial charge is 0.257 e. The van der Waals surface area contributed by atoms with Gasteiger partial charge in [0.05, 0.1) is 12.7 Å². The molecule has 0 atom stereocenters. The first-order valence-corrected chi connectivity index (χ1v) is 10.0. The largest absolute Gasteiger partial charge is 0.496 e. The fraction of sp³-hybridized carbons (Fsp3) is 0.240. The van der Waals surface area contributed by atoms with Crippen molar-refractivity contribution >= 4 is 22.8 Å². The van der Waals surface area contributed by atoms with E-state index in [1.165, 1.54) is 5.56 Å². The zero-order valence-electron chi connectivity index (χ0n) is 16.8. The molecule has 1 saturated heterocycles. The Morgan fingerprint density at radius 3 is 2.28 bits per heavy atom. The highest BCUT2D eigenvalue weighted by atomic mass is 16.5. The standard InChI is InChI=1S/C25H26N2O2/c1-29-24-19-22-12-6-5-11-21(22)18-23(24)25(28)27-16-14-26(15-17-27)13-7-10-20-8-3-2-4-9-20/h2-12,18-19H,13-17H2,1H3/b10-7+. The summed E-state index contributed by atoms with van der Waals surface area (Å²) < 4.78 is 5.51. The highest BCUT2D eigenvalue weighted by Gasteiger charge is 2.24. The second-order valence-corrected chi connectivity index (χ2v) is 7.31. The topological polar surface area (TPSA) is 32.8 Å². The Morgan fingerprint density at radius 1 is 0.931 bits per heavy atom. The van der Waals surface area contributed by atoms with Gasteiger partial charge in [-0.15, -0.1) is 0 Å². The van der Waals surface area contributed by atoms with Gasteiger partial charge in [-0.25, -0.2) is 0 Å². The van der Waals surface area contributed by atoms with Gasteiger partial charge in [0.15, 0.2) is 0 Å². The number of ether oxygens (including phenoxy) is 1. The molecule has 0 N–H and O–H groups in total. The maximum absolute atomic E-state index is 13.1. The molecule has 1 amide bonds. The summed E-state index contributed by atoms with van der Waals surface area (Å²) in [5, 5.41) is 2.14. The van der Waals surface area contributed by atoms with Crippen molar-refractivity contribution < 1.29 is 9.53 Å². The van der Waals surface area contributed by atoms with Gasteiger partial charge < -0.3 is 9.64 Å². The van der Waals surface area contributed by atoms with Crippen LogP contribution in [0.15, 0.2) is 72.8 Å². The summed E-state index contributed by atoms with van der Waals surface area (Å²) >= 11 is 0. The third kappa shape index (κ3) is 4.49. The van der Waals surface area contributed by atoms with E-state index in [2.05, 4.69) is 29.2 Å². The molecule has 0 bridgehead atoms. The SMILES string of the molecule is COc1cc2ccccc2cc1C(=O)N1CCN(C/C=C/c2ccccc2)CC1. The lowest BCUT2D eigenvalue weighted by Gasteiger charge is -2.34. The van der Waals surface area contributed by atoms with Crippen LogP contribution in [0.5, 0.6) is 5.75 Å². The number of piperazine rings is 1. The molecule has 1 aliphatic heterocycles. The summed E-state index contributed by atoms with van der Waals surface area (Å²) in [5.41, 5.74) is 1.85. The van der Waals surface area contributed by atoms with Crippen molar-refractivity contribution in [2.24, 2.45) is 0 Å². The summed E-state index contributed by atoms with van der Waals surface area (Å²) in [6.07, 6.45) is 4.34. The molecule has 3 aromatic carbocycles. The van der Waals surface area contributed by atoms with E-state index in [-0.39, 0.29) is 5.91 Å². The Hall–Kier alpha value is -3.11. The summed E-state index contributed by atoms with van der Waals surface area (Å²) in [7, 11) is 1.62. The van der Waals surface area contributed by atoms with Crippen molar-refractivity contribution in [3.63, 3.8) is 0 Å². The average molecular weight is 386 g/mol. The number of hydrogen-bond acceptors (Lipinski definition) is 3. The highest BCUT2D eigenvalue weighted by molar-refractivity contribution is 6.01. The van der Waals surface area contributed by atoms with Crippen LogP contribution in [-0.2, 0) is 0 Å². The summed E-state index contributed by atoms with van der Waals surface area (Å²) in [5.74, 6) is 0.689. The van der Waals surface area contributed by atoms with Gasteiger partial charge in [-0.05, 0) is 28.5 Å². The summed E-state index contributed by atoms with van der Waals surface area (Å²) in [6.45, 7) is 4.11. The van der Waals surface area contributed by atoms with E-state index in [9.17, 15) is 4.79 Å². The Balaban J connectivity index is 1.39. The molecule has 4 nitrogen and oxygen atoms in total. The Bertz CT molecular complexity index is 1010. The van der Waals surface area contributed by atoms with Gasteiger partial charge in [-0.1, -0.05) is 66.7 Å². The Morgan fingerprint density at radius 2 is 1.59 bits per heavy atom. The van der Waals surface area contributed by atoms with Crippen LogP contribution in [0.3, 0.4) is 0 Å². The van der Waals surface area contributed by atoms with Crippen molar-refractivity contribution in [3.05, 3.63) is 83.9 Å². The maximum Gasteiger partial charge on any atom is 0.257 e. The molecule has 0 aromatic heterocycles. The van der Waals surface area contributed by atoms with Gasteiger partial charge in [-0.3, -0.25) is 9.69 Å². The summed E-state index contributed by atoms with van der Waals surface area (Å²) in [6, 6.07) is 22.3. The van der Waals surface area contributed by atoms with E-state index < -0.39 is 0 Å². The second kappa shape index (κ2) is 8.93. The van der Waals surface area contributed by atoms with E-state index >= 15 is 0 Å².